The lowest BCUT2D eigenvalue weighted by atomic mass is 9.61. The monoisotopic (exact) mass is 274 g/mol. The molecule has 0 amide bonds. The lowest BCUT2D eigenvalue weighted by molar-refractivity contribution is -0.0628. The molecular weight excluding hydrogens is 257 g/mol. The van der Waals surface area contributed by atoms with Crippen LogP contribution in [0.1, 0.15) is 39.5 Å². The molecule has 1 fully saturated rings. The van der Waals surface area contributed by atoms with Crippen molar-refractivity contribution in [1.29, 1.82) is 0 Å². The molecular formula is C10H17F3O3S. The van der Waals surface area contributed by atoms with Crippen molar-refractivity contribution in [2.75, 3.05) is 6.61 Å². The standard InChI is InChI=1S/C10H17F3O3S/c1-3-4-9(5-8(2)6-9)7-16-17(14,15)10(11,12)13/h8H,3-7H2,1-2H3. The van der Waals surface area contributed by atoms with Gasteiger partial charge in [-0.05, 0) is 30.6 Å². The van der Waals surface area contributed by atoms with Crippen LogP contribution in [0.2, 0.25) is 0 Å². The van der Waals surface area contributed by atoms with E-state index in [1.807, 2.05) is 13.8 Å². The third kappa shape index (κ3) is 3.34. The molecule has 1 saturated carbocycles. The van der Waals surface area contributed by atoms with E-state index in [0.717, 1.165) is 19.3 Å². The van der Waals surface area contributed by atoms with Crippen molar-refractivity contribution >= 4 is 10.1 Å². The molecule has 3 nitrogen and oxygen atoms in total. The van der Waals surface area contributed by atoms with Gasteiger partial charge in [0.25, 0.3) is 0 Å². The van der Waals surface area contributed by atoms with Gasteiger partial charge in [-0.1, -0.05) is 20.3 Å². The summed E-state index contributed by atoms with van der Waals surface area (Å²) in [7, 11) is -5.44. The summed E-state index contributed by atoms with van der Waals surface area (Å²) in [5, 5.41) is 0. The first-order valence-electron chi connectivity index (χ1n) is 5.57. The van der Waals surface area contributed by atoms with Gasteiger partial charge in [0, 0.05) is 0 Å². The second kappa shape index (κ2) is 4.76. The predicted molar refractivity (Wildman–Crippen MR) is 56.7 cm³/mol. The zero-order chi connectivity index (χ0) is 13.3. The lowest BCUT2D eigenvalue weighted by Gasteiger charge is -2.46. The van der Waals surface area contributed by atoms with Gasteiger partial charge in [-0.3, -0.25) is 4.18 Å². The van der Waals surface area contributed by atoms with Crippen molar-refractivity contribution in [3.05, 3.63) is 0 Å². The van der Waals surface area contributed by atoms with E-state index in [2.05, 4.69) is 4.18 Å². The molecule has 0 saturated heterocycles. The van der Waals surface area contributed by atoms with Gasteiger partial charge in [-0.25, -0.2) is 0 Å². The summed E-state index contributed by atoms with van der Waals surface area (Å²) in [5.74, 6) is 0.429. The molecule has 17 heavy (non-hydrogen) atoms. The minimum Gasteiger partial charge on any atom is -0.263 e. The molecule has 1 aliphatic carbocycles. The Bertz CT molecular complexity index is 350. The quantitative estimate of drug-likeness (QED) is 0.571. The number of alkyl halides is 3. The van der Waals surface area contributed by atoms with Crippen LogP contribution in [0.15, 0.2) is 0 Å². The molecule has 7 heteroatoms. The van der Waals surface area contributed by atoms with Crippen molar-refractivity contribution < 1.29 is 25.8 Å². The molecule has 0 heterocycles. The Kier molecular flexibility index (Phi) is 4.13. The maximum absolute atomic E-state index is 12.1. The third-order valence-electron chi connectivity index (χ3n) is 3.15. The van der Waals surface area contributed by atoms with E-state index in [9.17, 15) is 21.6 Å². The van der Waals surface area contributed by atoms with E-state index in [0.29, 0.717) is 12.3 Å². The lowest BCUT2D eigenvalue weighted by Crippen LogP contribution is -2.41. The largest absolute Gasteiger partial charge is 0.523 e. The maximum atomic E-state index is 12.1. The van der Waals surface area contributed by atoms with Crippen LogP contribution in [0.4, 0.5) is 13.2 Å². The third-order valence-corrected chi connectivity index (χ3v) is 4.14. The highest BCUT2D eigenvalue weighted by Crippen LogP contribution is 2.49. The summed E-state index contributed by atoms with van der Waals surface area (Å²) in [6, 6.07) is 0. The van der Waals surface area contributed by atoms with Gasteiger partial charge in [0.2, 0.25) is 0 Å². The van der Waals surface area contributed by atoms with E-state index in [1.54, 1.807) is 0 Å². The minimum absolute atomic E-state index is 0.354. The average Bonchev–Trinajstić information content (AvgIpc) is 2.11. The second-order valence-corrected chi connectivity index (χ2v) is 6.53. The fourth-order valence-electron chi connectivity index (χ4n) is 2.61. The zero-order valence-electron chi connectivity index (χ0n) is 9.88. The summed E-state index contributed by atoms with van der Waals surface area (Å²) in [5.41, 5.74) is -5.71. The Labute approximate surface area is 99.5 Å². The van der Waals surface area contributed by atoms with Crippen LogP contribution in [0, 0.1) is 11.3 Å². The maximum Gasteiger partial charge on any atom is 0.523 e. The highest BCUT2D eigenvalue weighted by Gasteiger charge is 2.50. The van der Waals surface area contributed by atoms with Gasteiger partial charge >= 0.3 is 15.6 Å². The van der Waals surface area contributed by atoms with E-state index in [-0.39, 0.29) is 12.0 Å². The van der Waals surface area contributed by atoms with Crippen molar-refractivity contribution in [1.82, 2.24) is 0 Å². The van der Waals surface area contributed by atoms with Gasteiger partial charge in [0.15, 0.2) is 0 Å². The van der Waals surface area contributed by atoms with E-state index in [4.69, 9.17) is 0 Å². The molecule has 0 unspecified atom stereocenters. The van der Waals surface area contributed by atoms with Crippen molar-refractivity contribution in [2.45, 2.75) is 45.0 Å². The van der Waals surface area contributed by atoms with Crippen LogP contribution in [0.3, 0.4) is 0 Å². The molecule has 0 radical (unpaired) electrons. The van der Waals surface area contributed by atoms with Crippen LogP contribution >= 0.6 is 0 Å². The van der Waals surface area contributed by atoms with Gasteiger partial charge < -0.3 is 0 Å². The fraction of sp³-hybridized carbons (Fsp3) is 1.00. The van der Waals surface area contributed by atoms with Gasteiger partial charge in [0.1, 0.15) is 0 Å². The molecule has 0 bridgehead atoms. The SMILES string of the molecule is CCCC1(COS(=O)(=O)C(F)(F)F)CC(C)C1. The molecule has 1 aliphatic rings. The number of hydrogen-bond acceptors (Lipinski definition) is 3. The molecule has 0 atom stereocenters. The smallest absolute Gasteiger partial charge is 0.263 e. The van der Waals surface area contributed by atoms with Crippen LogP contribution in [-0.2, 0) is 14.3 Å². The Morgan fingerprint density at radius 1 is 1.35 bits per heavy atom. The minimum atomic E-state index is -5.44. The van der Waals surface area contributed by atoms with Crippen LogP contribution in [0.25, 0.3) is 0 Å². The predicted octanol–water partition coefficient (Wildman–Crippen LogP) is 3.07. The Balaban J connectivity index is 2.60. The normalized spacial score (nSPS) is 30.1. The van der Waals surface area contributed by atoms with E-state index in [1.165, 1.54) is 0 Å². The first-order chi connectivity index (χ1) is 7.62. The van der Waals surface area contributed by atoms with Crippen LogP contribution < -0.4 is 0 Å². The zero-order valence-corrected chi connectivity index (χ0v) is 10.7. The number of hydrogen-bond donors (Lipinski definition) is 0. The molecule has 102 valence electrons. The first kappa shape index (κ1) is 14.8. The number of rotatable bonds is 5. The molecule has 0 aliphatic heterocycles. The second-order valence-electron chi connectivity index (χ2n) is 4.93. The van der Waals surface area contributed by atoms with Crippen molar-refractivity contribution in [2.24, 2.45) is 11.3 Å². The topological polar surface area (TPSA) is 43.4 Å². The van der Waals surface area contributed by atoms with Gasteiger partial charge in [0.05, 0.1) is 6.61 Å². The highest BCUT2D eigenvalue weighted by molar-refractivity contribution is 7.87. The Morgan fingerprint density at radius 2 is 1.88 bits per heavy atom. The fourth-order valence-corrected chi connectivity index (χ4v) is 3.15. The Hall–Kier alpha value is -0.300. The van der Waals surface area contributed by atoms with E-state index < -0.39 is 15.6 Å². The van der Waals surface area contributed by atoms with Crippen molar-refractivity contribution in [3.63, 3.8) is 0 Å². The first-order valence-corrected chi connectivity index (χ1v) is 6.98. The molecule has 0 N–H and O–H groups in total. The van der Waals surface area contributed by atoms with Gasteiger partial charge in [-0.2, -0.15) is 21.6 Å². The summed E-state index contributed by atoms with van der Waals surface area (Å²) in [6.45, 7) is 3.56. The molecule has 1 rings (SSSR count). The van der Waals surface area contributed by atoms with Crippen LogP contribution in [-0.4, -0.2) is 20.5 Å². The summed E-state index contributed by atoms with van der Waals surface area (Å²) >= 11 is 0. The Morgan fingerprint density at radius 3 is 2.24 bits per heavy atom. The van der Waals surface area contributed by atoms with Crippen molar-refractivity contribution in [3.8, 4) is 0 Å². The van der Waals surface area contributed by atoms with Crippen LogP contribution in [0.5, 0.6) is 0 Å². The summed E-state index contributed by atoms with van der Waals surface area (Å²) in [6.07, 6.45) is 2.97. The van der Waals surface area contributed by atoms with Gasteiger partial charge in [-0.15, -0.1) is 0 Å². The summed E-state index contributed by atoms with van der Waals surface area (Å²) < 4.78 is 61.9. The number of halogens is 3. The summed E-state index contributed by atoms with van der Waals surface area (Å²) in [4.78, 5) is 0. The molecule has 0 aromatic carbocycles. The molecule has 0 spiro atoms. The average molecular weight is 274 g/mol. The highest BCUT2D eigenvalue weighted by atomic mass is 32.2. The van der Waals surface area contributed by atoms with E-state index >= 15 is 0 Å². The molecule has 0 aromatic heterocycles. The molecule has 0 aromatic rings.